The van der Waals surface area contributed by atoms with E-state index in [9.17, 15) is 4.79 Å². The summed E-state index contributed by atoms with van der Waals surface area (Å²) in [6.45, 7) is 4.99. The predicted octanol–water partition coefficient (Wildman–Crippen LogP) is 0.871. The van der Waals surface area contributed by atoms with Gasteiger partial charge in [-0.2, -0.15) is 0 Å². The Labute approximate surface area is 93.0 Å². The molecule has 0 heterocycles. The number of unbranched alkanes of at least 4 members (excludes halogenated alkanes) is 1. The Bertz CT molecular complexity index is 163. The Morgan fingerprint density at radius 2 is 2.13 bits per heavy atom. The lowest BCUT2D eigenvalue weighted by molar-refractivity contribution is -0.129. The largest absolute Gasteiger partial charge is 0.385 e. The first-order chi connectivity index (χ1) is 7.22. The molecule has 0 fully saturated rings. The van der Waals surface area contributed by atoms with Gasteiger partial charge >= 0.3 is 0 Å². The van der Waals surface area contributed by atoms with E-state index in [1.807, 2.05) is 7.05 Å². The second kappa shape index (κ2) is 9.93. The standard InChI is InChI=1S/C11H24N2O2/c1-4-5-8-13(2)11(14)10-12-7-6-9-15-3/h12H,4-10H2,1-3H3. The van der Waals surface area contributed by atoms with Crippen LogP contribution in [-0.4, -0.2) is 51.2 Å². The molecule has 0 bridgehead atoms. The maximum atomic E-state index is 11.5. The fraction of sp³-hybridized carbons (Fsp3) is 0.909. The molecule has 15 heavy (non-hydrogen) atoms. The minimum Gasteiger partial charge on any atom is -0.385 e. The molecule has 0 rings (SSSR count). The van der Waals surface area contributed by atoms with Crippen molar-refractivity contribution in [3.05, 3.63) is 0 Å². The lowest BCUT2D eigenvalue weighted by atomic mass is 10.3. The molecule has 0 unspecified atom stereocenters. The highest BCUT2D eigenvalue weighted by molar-refractivity contribution is 5.77. The number of hydrogen-bond acceptors (Lipinski definition) is 3. The number of ether oxygens (including phenoxy) is 1. The van der Waals surface area contributed by atoms with Crippen LogP contribution in [0.4, 0.5) is 0 Å². The molecule has 1 N–H and O–H groups in total. The van der Waals surface area contributed by atoms with Gasteiger partial charge in [0.05, 0.1) is 6.54 Å². The monoisotopic (exact) mass is 216 g/mol. The third-order valence-corrected chi connectivity index (χ3v) is 2.25. The topological polar surface area (TPSA) is 41.6 Å². The summed E-state index contributed by atoms with van der Waals surface area (Å²) in [5.41, 5.74) is 0. The number of amides is 1. The first-order valence-electron chi connectivity index (χ1n) is 5.66. The Morgan fingerprint density at radius 1 is 1.40 bits per heavy atom. The first-order valence-corrected chi connectivity index (χ1v) is 5.66. The number of rotatable bonds is 9. The van der Waals surface area contributed by atoms with Gasteiger partial charge in [-0.1, -0.05) is 13.3 Å². The minimum atomic E-state index is 0.167. The van der Waals surface area contributed by atoms with Crippen LogP contribution >= 0.6 is 0 Å². The predicted molar refractivity (Wildman–Crippen MR) is 61.9 cm³/mol. The van der Waals surface area contributed by atoms with Crippen LogP contribution in [0.5, 0.6) is 0 Å². The summed E-state index contributed by atoms with van der Waals surface area (Å²) in [5, 5.41) is 3.11. The third kappa shape index (κ3) is 8.39. The zero-order chi connectivity index (χ0) is 11.5. The van der Waals surface area contributed by atoms with E-state index in [0.717, 1.165) is 39.0 Å². The van der Waals surface area contributed by atoms with Crippen LogP contribution in [0, 0.1) is 0 Å². The number of nitrogens with one attached hydrogen (secondary N) is 1. The molecule has 90 valence electrons. The molecule has 0 saturated heterocycles. The van der Waals surface area contributed by atoms with Gasteiger partial charge in [0.2, 0.25) is 5.91 Å². The molecule has 0 aromatic carbocycles. The maximum absolute atomic E-state index is 11.5. The highest BCUT2D eigenvalue weighted by atomic mass is 16.5. The zero-order valence-electron chi connectivity index (χ0n) is 10.2. The maximum Gasteiger partial charge on any atom is 0.236 e. The van der Waals surface area contributed by atoms with Gasteiger partial charge in [0.15, 0.2) is 0 Å². The highest BCUT2D eigenvalue weighted by Gasteiger charge is 2.06. The quantitative estimate of drug-likeness (QED) is 0.582. The van der Waals surface area contributed by atoms with E-state index >= 15 is 0 Å². The molecule has 0 aromatic rings. The van der Waals surface area contributed by atoms with Gasteiger partial charge in [-0.3, -0.25) is 4.79 Å². The van der Waals surface area contributed by atoms with Crippen LogP contribution in [0.15, 0.2) is 0 Å². The molecule has 0 aliphatic rings. The van der Waals surface area contributed by atoms with Crippen molar-refractivity contribution in [2.75, 3.05) is 40.4 Å². The molecule has 0 aromatic heterocycles. The molecule has 1 amide bonds. The second-order valence-corrected chi connectivity index (χ2v) is 3.69. The minimum absolute atomic E-state index is 0.167. The van der Waals surface area contributed by atoms with E-state index in [2.05, 4.69) is 12.2 Å². The molecular weight excluding hydrogens is 192 g/mol. The lowest BCUT2D eigenvalue weighted by Crippen LogP contribution is -2.36. The van der Waals surface area contributed by atoms with Crippen molar-refractivity contribution < 1.29 is 9.53 Å². The molecule has 0 aliphatic carbocycles. The fourth-order valence-electron chi connectivity index (χ4n) is 1.19. The van der Waals surface area contributed by atoms with Gasteiger partial charge in [-0.25, -0.2) is 0 Å². The molecular formula is C11H24N2O2. The Balaban J connectivity index is 3.38. The van der Waals surface area contributed by atoms with Gasteiger partial charge in [0, 0.05) is 27.3 Å². The Hall–Kier alpha value is -0.610. The van der Waals surface area contributed by atoms with Gasteiger partial charge in [-0.15, -0.1) is 0 Å². The number of methoxy groups -OCH3 is 1. The molecule has 0 aliphatic heterocycles. The lowest BCUT2D eigenvalue weighted by Gasteiger charge is -2.16. The van der Waals surface area contributed by atoms with Crippen molar-refractivity contribution in [1.29, 1.82) is 0 Å². The normalized spacial score (nSPS) is 10.3. The van der Waals surface area contributed by atoms with E-state index in [1.54, 1.807) is 12.0 Å². The summed E-state index contributed by atoms with van der Waals surface area (Å²) in [6.07, 6.45) is 3.15. The summed E-state index contributed by atoms with van der Waals surface area (Å²) in [4.78, 5) is 13.3. The molecule has 0 atom stereocenters. The second-order valence-electron chi connectivity index (χ2n) is 3.69. The number of hydrogen-bond donors (Lipinski definition) is 1. The van der Waals surface area contributed by atoms with Crippen molar-refractivity contribution in [3.8, 4) is 0 Å². The number of carbonyl (C=O) groups excluding carboxylic acids is 1. The summed E-state index contributed by atoms with van der Waals surface area (Å²) in [5.74, 6) is 0.167. The van der Waals surface area contributed by atoms with Crippen LogP contribution < -0.4 is 5.32 Å². The summed E-state index contributed by atoms with van der Waals surface area (Å²) in [7, 11) is 3.54. The van der Waals surface area contributed by atoms with Gasteiger partial charge < -0.3 is 15.0 Å². The third-order valence-electron chi connectivity index (χ3n) is 2.25. The highest BCUT2D eigenvalue weighted by Crippen LogP contribution is 1.91. The van der Waals surface area contributed by atoms with Crippen LogP contribution in [0.25, 0.3) is 0 Å². The average molecular weight is 216 g/mol. The summed E-state index contributed by atoms with van der Waals surface area (Å²) in [6, 6.07) is 0. The Kier molecular flexibility index (Phi) is 9.52. The van der Waals surface area contributed by atoms with E-state index in [1.165, 1.54) is 0 Å². The van der Waals surface area contributed by atoms with Gasteiger partial charge in [0.1, 0.15) is 0 Å². The number of nitrogens with zero attached hydrogens (tertiary/aromatic N) is 1. The van der Waals surface area contributed by atoms with Crippen molar-refractivity contribution in [3.63, 3.8) is 0 Å². The molecule has 0 spiro atoms. The summed E-state index contributed by atoms with van der Waals surface area (Å²) >= 11 is 0. The average Bonchev–Trinajstić information content (AvgIpc) is 2.25. The number of carbonyl (C=O) groups is 1. The molecule has 0 saturated carbocycles. The van der Waals surface area contributed by atoms with E-state index < -0.39 is 0 Å². The SMILES string of the molecule is CCCCN(C)C(=O)CNCCCOC. The van der Waals surface area contributed by atoms with Gasteiger partial charge in [0.25, 0.3) is 0 Å². The number of likely N-dealkylation sites (N-methyl/N-ethyl adjacent to an activating group) is 1. The van der Waals surface area contributed by atoms with E-state index in [0.29, 0.717) is 6.54 Å². The van der Waals surface area contributed by atoms with Crippen LogP contribution in [0.2, 0.25) is 0 Å². The summed E-state index contributed by atoms with van der Waals surface area (Å²) < 4.78 is 4.91. The van der Waals surface area contributed by atoms with Crippen LogP contribution in [-0.2, 0) is 9.53 Å². The van der Waals surface area contributed by atoms with Crippen LogP contribution in [0.3, 0.4) is 0 Å². The first kappa shape index (κ1) is 14.4. The molecule has 0 radical (unpaired) electrons. The Morgan fingerprint density at radius 3 is 2.73 bits per heavy atom. The molecule has 4 nitrogen and oxygen atoms in total. The van der Waals surface area contributed by atoms with Gasteiger partial charge in [-0.05, 0) is 19.4 Å². The van der Waals surface area contributed by atoms with Crippen molar-refractivity contribution >= 4 is 5.91 Å². The van der Waals surface area contributed by atoms with E-state index in [-0.39, 0.29) is 5.91 Å². The van der Waals surface area contributed by atoms with Crippen molar-refractivity contribution in [2.24, 2.45) is 0 Å². The smallest absolute Gasteiger partial charge is 0.236 e. The fourth-order valence-corrected chi connectivity index (χ4v) is 1.19. The van der Waals surface area contributed by atoms with E-state index in [4.69, 9.17) is 4.74 Å². The van der Waals surface area contributed by atoms with Crippen molar-refractivity contribution in [1.82, 2.24) is 10.2 Å². The van der Waals surface area contributed by atoms with Crippen molar-refractivity contribution in [2.45, 2.75) is 26.2 Å². The van der Waals surface area contributed by atoms with Crippen LogP contribution in [0.1, 0.15) is 26.2 Å². The zero-order valence-corrected chi connectivity index (χ0v) is 10.2. The molecule has 4 heteroatoms.